The standard InChI is InChI=1S/C54H98O11/c1-3-5-7-9-11-13-15-17-19-21-23-25-27-29-31-33-35-37-39-41-43-48(56)64-46(45-63-54-51(59)49(57)50(58)52(65-54)53(60)61)44-62-47(55)42-40-38-36-34-32-30-28-26-24-22-20-18-16-14-12-10-8-6-4-2/h12,14,18,20,46,49-52,54,57-59H,3-11,13,15-17,19,21-45H2,1-2H3,(H,60,61)/b14-12-,20-18-. The van der Waals surface area contributed by atoms with E-state index in [1.54, 1.807) is 0 Å². The van der Waals surface area contributed by atoms with E-state index < -0.39 is 54.7 Å². The number of hydrogen-bond donors (Lipinski definition) is 4. The van der Waals surface area contributed by atoms with Gasteiger partial charge in [-0.1, -0.05) is 218 Å². The van der Waals surface area contributed by atoms with Crippen molar-refractivity contribution in [3.05, 3.63) is 24.3 Å². The molecule has 0 amide bonds. The minimum absolute atomic E-state index is 0.187. The summed E-state index contributed by atoms with van der Waals surface area (Å²) in [5.41, 5.74) is 0. The summed E-state index contributed by atoms with van der Waals surface area (Å²) >= 11 is 0. The van der Waals surface area contributed by atoms with Crippen LogP contribution in [0.15, 0.2) is 24.3 Å². The van der Waals surface area contributed by atoms with Gasteiger partial charge >= 0.3 is 17.9 Å². The van der Waals surface area contributed by atoms with Crippen molar-refractivity contribution in [2.45, 2.75) is 288 Å². The number of ether oxygens (including phenoxy) is 4. The van der Waals surface area contributed by atoms with Crippen molar-refractivity contribution in [3.63, 3.8) is 0 Å². The van der Waals surface area contributed by atoms with Crippen LogP contribution in [0.5, 0.6) is 0 Å². The van der Waals surface area contributed by atoms with E-state index >= 15 is 0 Å². The summed E-state index contributed by atoms with van der Waals surface area (Å²) in [6.45, 7) is 3.83. The molecule has 11 nitrogen and oxygen atoms in total. The number of carbonyl (C=O) groups excluding carboxylic acids is 2. The van der Waals surface area contributed by atoms with Gasteiger partial charge < -0.3 is 39.4 Å². The molecule has 380 valence electrons. The largest absolute Gasteiger partial charge is 0.479 e. The lowest BCUT2D eigenvalue weighted by molar-refractivity contribution is -0.298. The molecule has 65 heavy (non-hydrogen) atoms. The summed E-state index contributed by atoms with van der Waals surface area (Å²) < 4.78 is 21.9. The van der Waals surface area contributed by atoms with E-state index in [1.807, 2.05) is 0 Å². The molecule has 1 rings (SSSR count). The van der Waals surface area contributed by atoms with Gasteiger partial charge in [-0.15, -0.1) is 0 Å². The van der Waals surface area contributed by atoms with Crippen LogP contribution in [0.3, 0.4) is 0 Å². The molecule has 0 aromatic heterocycles. The SMILES string of the molecule is CCCCC/C=C\C/C=C\CCCCCCCCCCCC(=O)OCC(COC1OC(C(=O)O)C(O)C(O)C1O)OC(=O)CCCCCCCCCCCCCCCCCCCCCC. The number of unbranched alkanes of at least 4 members (excludes halogenated alkanes) is 31. The van der Waals surface area contributed by atoms with Crippen LogP contribution in [-0.2, 0) is 33.3 Å². The van der Waals surface area contributed by atoms with Gasteiger partial charge in [-0.05, 0) is 44.9 Å². The number of aliphatic hydroxyl groups is 3. The van der Waals surface area contributed by atoms with Gasteiger partial charge in [-0.3, -0.25) is 9.59 Å². The molecule has 1 fully saturated rings. The number of aliphatic carboxylic acids is 1. The van der Waals surface area contributed by atoms with Gasteiger partial charge in [0.15, 0.2) is 18.5 Å². The highest BCUT2D eigenvalue weighted by molar-refractivity contribution is 5.73. The molecule has 0 radical (unpaired) electrons. The minimum atomic E-state index is -1.86. The van der Waals surface area contributed by atoms with Crippen molar-refractivity contribution in [2.24, 2.45) is 0 Å². The molecule has 0 saturated carbocycles. The van der Waals surface area contributed by atoms with Crippen LogP contribution in [0.2, 0.25) is 0 Å². The Bertz CT molecular complexity index is 1180. The highest BCUT2D eigenvalue weighted by Crippen LogP contribution is 2.23. The monoisotopic (exact) mass is 923 g/mol. The third-order valence-electron chi connectivity index (χ3n) is 12.6. The topological polar surface area (TPSA) is 169 Å². The molecule has 6 atom stereocenters. The van der Waals surface area contributed by atoms with Crippen LogP contribution in [0.4, 0.5) is 0 Å². The first-order valence-electron chi connectivity index (χ1n) is 26.9. The second kappa shape index (κ2) is 44.2. The van der Waals surface area contributed by atoms with Gasteiger partial charge in [0.05, 0.1) is 6.61 Å². The number of carboxylic acids is 1. The summed E-state index contributed by atoms with van der Waals surface area (Å²) in [5, 5.41) is 40.0. The van der Waals surface area contributed by atoms with Gasteiger partial charge in [0.25, 0.3) is 0 Å². The van der Waals surface area contributed by atoms with Crippen molar-refractivity contribution in [3.8, 4) is 0 Å². The summed E-state index contributed by atoms with van der Waals surface area (Å²) in [4.78, 5) is 37.0. The fourth-order valence-corrected chi connectivity index (χ4v) is 8.32. The van der Waals surface area contributed by atoms with Crippen LogP contribution in [0.1, 0.15) is 251 Å². The molecule has 1 saturated heterocycles. The van der Waals surface area contributed by atoms with E-state index in [9.17, 15) is 34.8 Å². The Morgan fingerprint density at radius 2 is 0.862 bits per heavy atom. The fraction of sp³-hybridized carbons (Fsp3) is 0.870. The van der Waals surface area contributed by atoms with Gasteiger partial charge in [0, 0.05) is 12.8 Å². The Morgan fingerprint density at radius 1 is 0.477 bits per heavy atom. The second-order valence-electron chi connectivity index (χ2n) is 18.7. The lowest BCUT2D eigenvalue weighted by Crippen LogP contribution is -2.60. The first-order valence-corrected chi connectivity index (χ1v) is 26.9. The van der Waals surface area contributed by atoms with Crippen molar-refractivity contribution >= 4 is 17.9 Å². The summed E-state index contributed by atoms with van der Waals surface area (Å²) in [6.07, 6.45) is 42.2. The van der Waals surface area contributed by atoms with Crippen molar-refractivity contribution in [2.75, 3.05) is 13.2 Å². The number of carboxylic acid groups (broad SMARTS) is 1. The van der Waals surface area contributed by atoms with E-state index in [4.69, 9.17) is 18.9 Å². The van der Waals surface area contributed by atoms with Crippen molar-refractivity contribution in [1.29, 1.82) is 0 Å². The number of carbonyl (C=O) groups is 3. The van der Waals surface area contributed by atoms with Gasteiger partial charge in [-0.2, -0.15) is 0 Å². The maximum absolute atomic E-state index is 12.8. The third kappa shape index (κ3) is 35.5. The zero-order chi connectivity index (χ0) is 47.4. The lowest BCUT2D eigenvalue weighted by Gasteiger charge is -2.38. The van der Waals surface area contributed by atoms with Crippen LogP contribution in [0, 0.1) is 0 Å². The molecule has 1 heterocycles. The maximum Gasteiger partial charge on any atom is 0.335 e. The van der Waals surface area contributed by atoms with E-state index in [1.165, 1.54) is 161 Å². The number of rotatable bonds is 46. The third-order valence-corrected chi connectivity index (χ3v) is 12.6. The van der Waals surface area contributed by atoms with Crippen LogP contribution in [-0.4, -0.2) is 88.4 Å². The Labute approximate surface area is 396 Å². The molecular weight excluding hydrogens is 825 g/mol. The maximum atomic E-state index is 12.8. The molecule has 6 unspecified atom stereocenters. The van der Waals surface area contributed by atoms with Crippen LogP contribution >= 0.6 is 0 Å². The van der Waals surface area contributed by atoms with E-state index in [2.05, 4.69) is 38.2 Å². The average molecular weight is 923 g/mol. The second-order valence-corrected chi connectivity index (χ2v) is 18.7. The van der Waals surface area contributed by atoms with Crippen molar-refractivity contribution in [1.82, 2.24) is 0 Å². The first-order chi connectivity index (χ1) is 31.7. The van der Waals surface area contributed by atoms with Crippen LogP contribution < -0.4 is 0 Å². The minimum Gasteiger partial charge on any atom is -0.479 e. The highest BCUT2D eigenvalue weighted by Gasteiger charge is 2.47. The Kier molecular flexibility index (Phi) is 41.3. The zero-order valence-corrected chi connectivity index (χ0v) is 41.5. The summed E-state index contributed by atoms with van der Waals surface area (Å²) in [7, 11) is 0. The van der Waals surface area contributed by atoms with E-state index in [0.717, 1.165) is 51.4 Å². The Morgan fingerprint density at radius 3 is 1.31 bits per heavy atom. The van der Waals surface area contributed by atoms with Crippen molar-refractivity contribution < 1.29 is 53.8 Å². The Hall–Kier alpha value is -2.31. The number of aliphatic hydroxyl groups excluding tert-OH is 3. The predicted molar refractivity (Wildman–Crippen MR) is 262 cm³/mol. The molecule has 0 aromatic rings. The predicted octanol–water partition coefficient (Wildman–Crippen LogP) is 12.9. The summed E-state index contributed by atoms with van der Waals surface area (Å²) in [6, 6.07) is 0. The van der Waals surface area contributed by atoms with E-state index in [-0.39, 0.29) is 26.1 Å². The lowest BCUT2D eigenvalue weighted by atomic mass is 9.99. The number of esters is 2. The molecular formula is C54H98O11. The molecule has 4 N–H and O–H groups in total. The van der Waals surface area contributed by atoms with E-state index in [0.29, 0.717) is 12.8 Å². The highest BCUT2D eigenvalue weighted by atomic mass is 16.7. The molecule has 0 aliphatic carbocycles. The molecule has 11 heteroatoms. The molecule has 0 aromatic carbocycles. The number of hydrogen-bond acceptors (Lipinski definition) is 10. The average Bonchev–Trinajstić information content (AvgIpc) is 3.29. The smallest absolute Gasteiger partial charge is 0.335 e. The quantitative estimate of drug-likeness (QED) is 0.0260. The first kappa shape index (κ1) is 60.7. The molecule has 0 spiro atoms. The van der Waals surface area contributed by atoms with Gasteiger partial charge in [0.1, 0.15) is 24.9 Å². The zero-order valence-electron chi connectivity index (χ0n) is 41.5. The van der Waals surface area contributed by atoms with Gasteiger partial charge in [0.2, 0.25) is 0 Å². The normalized spacial score (nSPS) is 19.3. The summed E-state index contributed by atoms with van der Waals surface area (Å²) in [5.74, 6) is -2.43. The van der Waals surface area contributed by atoms with Gasteiger partial charge in [-0.25, -0.2) is 4.79 Å². The number of allylic oxidation sites excluding steroid dienone is 4. The van der Waals surface area contributed by atoms with Crippen LogP contribution in [0.25, 0.3) is 0 Å². The molecule has 1 aliphatic rings. The fourth-order valence-electron chi connectivity index (χ4n) is 8.32. The molecule has 0 bridgehead atoms. The Balaban J connectivity index is 2.27. The molecule has 1 aliphatic heterocycles.